The molecule has 0 radical (unpaired) electrons. The van der Waals surface area contributed by atoms with Crippen LogP contribution in [0.5, 0.6) is 0 Å². The Morgan fingerprint density at radius 3 is 1.33 bits per heavy atom. The molecule has 32 valence electrons. The van der Waals surface area contributed by atoms with Crippen molar-refractivity contribution in [3.8, 4) is 0 Å². The standard InChI is InChI=1S/K.NO3.H2S/c;2-1(3)4;/h;;1H2/q+1;-1;. The Bertz CT molecular complexity index is 33.8. The van der Waals surface area contributed by atoms with Gasteiger partial charge in [-0.3, -0.25) is 0 Å². The van der Waals surface area contributed by atoms with Crippen molar-refractivity contribution >= 4 is 13.5 Å². The summed E-state index contributed by atoms with van der Waals surface area (Å²) in [7, 11) is 0. The molecule has 0 rings (SSSR count). The molecule has 0 spiro atoms. The zero-order valence-electron chi connectivity index (χ0n) is 3.17. The zero-order chi connectivity index (χ0) is 3.58. The maximum atomic E-state index is 8.25. The molecule has 0 N–H and O–H groups in total. The fraction of sp³-hybridized carbons (Fsp3) is 0. The third-order valence-corrected chi connectivity index (χ3v) is 0. The van der Waals surface area contributed by atoms with Crippen molar-refractivity contribution in [1.82, 2.24) is 0 Å². The normalized spacial score (nSPS) is 4.00. The molecular weight excluding hydrogens is 133 g/mol. The molecule has 0 heterocycles. The van der Waals surface area contributed by atoms with Crippen LogP contribution >= 0.6 is 13.5 Å². The molecule has 6 heteroatoms. The van der Waals surface area contributed by atoms with E-state index in [1.807, 2.05) is 0 Å². The molecule has 0 bridgehead atoms. The molecule has 0 saturated carbocycles. The number of hydrogen-bond donors (Lipinski definition) is 0. The first-order valence-electron chi connectivity index (χ1n) is 0.548. The van der Waals surface area contributed by atoms with Crippen LogP contribution in [0, 0.1) is 15.3 Å². The summed E-state index contributed by atoms with van der Waals surface area (Å²) < 4.78 is 0. The van der Waals surface area contributed by atoms with Crippen LogP contribution in [0.1, 0.15) is 0 Å². The molecule has 4 nitrogen and oxygen atoms in total. The molecule has 0 aromatic carbocycles. The Morgan fingerprint density at radius 2 is 1.33 bits per heavy atom. The number of hydrogen-bond acceptors (Lipinski definition) is 3. The van der Waals surface area contributed by atoms with E-state index >= 15 is 0 Å². The van der Waals surface area contributed by atoms with Crippen LogP contribution in [-0.4, -0.2) is 5.09 Å². The summed E-state index contributed by atoms with van der Waals surface area (Å²) in [6, 6.07) is 0. The van der Waals surface area contributed by atoms with Crippen molar-refractivity contribution in [3.05, 3.63) is 15.3 Å². The quantitative estimate of drug-likeness (QED) is 0.200. The molecule has 0 fully saturated rings. The second-order valence-electron chi connectivity index (χ2n) is 0.224. The van der Waals surface area contributed by atoms with Crippen LogP contribution in [-0.2, 0) is 0 Å². The summed E-state index contributed by atoms with van der Waals surface area (Å²) in [5.41, 5.74) is 0. The molecule has 0 aliphatic heterocycles. The van der Waals surface area contributed by atoms with Gasteiger partial charge in [-0.15, -0.1) is 0 Å². The van der Waals surface area contributed by atoms with E-state index in [9.17, 15) is 0 Å². The largest absolute Gasteiger partial charge is 1.00 e. The van der Waals surface area contributed by atoms with Crippen LogP contribution < -0.4 is 51.4 Å². The Labute approximate surface area is 83.9 Å². The van der Waals surface area contributed by atoms with E-state index in [2.05, 4.69) is 0 Å². The fourth-order valence-corrected chi connectivity index (χ4v) is 0. The van der Waals surface area contributed by atoms with Crippen LogP contribution in [0.4, 0.5) is 0 Å². The molecule has 0 aromatic heterocycles. The van der Waals surface area contributed by atoms with Gasteiger partial charge < -0.3 is 15.3 Å². The molecule has 0 amide bonds. The molecular formula is H2KNO3S. The van der Waals surface area contributed by atoms with Crippen LogP contribution in [0.15, 0.2) is 0 Å². The Kier molecular flexibility index (Phi) is 24.8. The monoisotopic (exact) mass is 135 g/mol. The maximum absolute atomic E-state index is 8.25. The van der Waals surface area contributed by atoms with E-state index in [0.29, 0.717) is 0 Å². The molecule has 0 saturated heterocycles. The summed E-state index contributed by atoms with van der Waals surface area (Å²) >= 11 is 0. The van der Waals surface area contributed by atoms with E-state index in [0.717, 1.165) is 0 Å². The van der Waals surface area contributed by atoms with Crippen LogP contribution in [0.3, 0.4) is 0 Å². The molecule has 0 aliphatic carbocycles. The average Bonchev–Trinajstić information content (AvgIpc) is 0.811. The molecule has 0 atom stereocenters. The van der Waals surface area contributed by atoms with Crippen molar-refractivity contribution in [1.29, 1.82) is 0 Å². The van der Waals surface area contributed by atoms with Gasteiger partial charge in [-0.05, 0) is 0 Å². The van der Waals surface area contributed by atoms with E-state index < -0.39 is 5.09 Å². The summed E-state index contributed by atoms with van der Waals surface area (Å²) in [6.45, 7) is 0. The maximum Gasteiger partial charge on any atom is 1.00 e. The van der Waals surface area contributed by atoms with Crippen molar-refractivity contribution in [2.75, 3.05) is 0 Å². The SMILES string of the molecule is O=[N+]([O-])[O-].S.[K+]. The Morgan fingerprint density at radius 1 is 1.33 bits per heavy atom. The predicted octanol–water partition coefficient (Wildman–Crippen LogP) is -3.12. The van der Waals surface area contributed by atoms with Crippen molar-refractivity contribution < 1.29 is 56.5 Å². The summed E-state index contributed by atoms with van der Waals surface area (Å²) in [5, 5.41) is 14.8. The van der Waals surface area contributed by atoms with Gasteiger partial charge in [0.2, 0.25) is 0 Å². The van der Waals surface area contributed by atoms with Gasteiger partial charge in [-0.25, -0.2) is 0 Å². The minimum absolute atomic E-state index is 0. The molecule has 0 unspecified atom stereocenters. The molecule has 0 aliphatic rings. The van der Waals surface area contributed by atoms with Crippen molar-refractivity contribution in [2.24, 2.45) is 0 Å². The van der Waals surface area contributed by atoms with Gasteiger partial charge in [0.05, 0.1) is 5.09 Å². The van der Waals surface area contributed by atoms with Gasteiger partial charge in [-0.1, -0.05) is 0 Å². The van der Waals surface area contributed by atoms with Crippen molar-refractivity contribution in [3.63, 3.8) is 0 Å². The van der Waals surface area contributed by atoms with Gasteiger partial charge >= 0.3 is 51.4 Å². The Hall–Kier alpha value is 1.19. The van der Waals surface area contributed by atoms with E-state index in [4.69, 9.17) is 15.3 Å². The first-order valence-corrected chi connectivity index (χ1v) is 0.548. The number of nitrogens with zero attached hydrogens (tertiary/aromatic N) is 1. The van der Waals surface area contributed by atoms with E-state index in [-0.39, 0.29) is 64.9 Å². The second kappa shape index (κ2) is 9.49. The number of rotatable bonds is 0. The first kappa shape index (κ1) is 15.7. The smallest absolute Gasteiger partial charge is 0.356 e. The topological polar surface area (TPSA) is 66.2 Å². The second-order valence-corrected chi connectivity index (χ2v) is 0.224. The third-order valence-electron chi connectivity index (χ3n) is 0. The van der Waals surface area contributed by atoms with Gasteiger partial charge in [0.1, 0.15) is 0 Å². The van der Waals surface area contributed by atoms with Gasteiger partial charge in [0.25, 0.3) is 0 Å². The van der Waals surface area contributed by atoms with Crippen LogP contribution in [0.2, 0.25) is 0 Å². The molecule has 6 heavy (non-hydrogen) atoms. The minimum atomic E-state index is -1.75. The summed E-state index contributed by atoms with van der Waals surface area (Å²) in [6.07, 6.45) is 0. The van der Waals surface area contributed by atoms with E-state index in [1.165, 1.54) is 0 Å². The predicted molar refractivity (Wildman–Crippen MR) is 20.7 cm³/mol. The average molecular weight is 135 g/mol. The Balaban J connectivity index is -0.0000000450. The summed E-state index contributed by atoms with van der Waals surface area (Å²) in [5.74, 6) is 0. The zero-order valence-corrected chi connectivity index (χ0v) is 7.30. The van der Waals surface area contributed by atoms with Crippen LogP contribution in [0.25, 0.3) is 0 Å². The van der Waals surface area contributed by atoms with Gasteiger partial charge in [0, 0.05) is 0 Å². The van der Waals surface area contributed by atoms with Gasteiger partial charge in [0.15, 0.2) is 0 Å². The van der Waals surface area contributed by atoms with Gasteiger partial charge in [-0.2, -0.15) is 13.5 Å². The molecule has 0 aromatic rings. The fourth-order valence-electron chi connectivity index (χ4n) is 0. The van der Waals surface area contributed by atoms with Crippen molar-refractivity contribution in [2.45, 2.75) is 0 Å². The third kappa shape index (κ3) is 64.6. The van der Waals surface area contributed by atoms with E-state index in [1.54, 1.807) is 0 Å². The summed E-state index contributed by atoms with van der Waals surface area (Å²) in [4.78, 5) is 8.25. The minimum Gasteiger partial charge on any atom is -0.356 e. The first-order chi connectivity index (χ1) is 1.73.